The minimum Gasteiger partial charge on any atom is -0.480 e. The van der Waals surface area contributed by atoms with Crippen LogP contribution in [0.5, 0.6) is 0 Å². The highest BCUT2D eigenvalue weighted by Gasteiger charge is 2.29. The molecule has 10 nitrogen and oxygen atoms in total. The Bertz CT molecular complexity index is 814. The molecule has 0 radical (unpaired) electrons. The summed E-state index contributed by atoms with van der Waals surface area (Å²) >= 11 is 0. The van der Waals surface area contributed by atoms with E-state index in [0.29, 0.717) is 10.7 Å². The fourth-order valence-electron chi connectivity index (χ4n) is 2.11. The molecule has 0 aromatic heterocycles. The predicted molar refractivity (Wildman–Crippen MR) is 102 cm³/mol. The zero-order chi connectivity index (χ0) is 21.5. The van der Waals surface area contributed by atoms with Gasteiger partial charge >= 0.3 is 22.3 Å². The fraction of sp³-hybridized carbons (Fsp3) is 0.471. The van der Waals surface area contributed by atoms with Crippen molar-refractivity contribution in [3.63, 3.8) is 0 Å². The number of anilines is 1. The summed E-state index contributed by atoms with van der Waals surface area (Å²) in [6, 6.07) is 5.96. The van der Waals surface area contributed by atoms with E-state index in [-0.39, 0.29) is 18.0 Å². The quantitative estimate of drug-likeness (QED) is 0.575. The van der Waals surface area contributed by atoms with E-state index < -0.39 is 34.4 Å². The van der Waals surface area contributed by atoms with Crippen LogP contribution in [0, 0.1) is 0 Å². The number of hydrogen-bond donors (Lipinski definition) is 3. The SMILES string of the molecule is CNC(=O)CCc1ccc(N(CC(=O)O)S(=O)(=O)NC(=O)OC(C)(C)C)cc1. The minimum atomic E-state index is -4.52. The molecule has 3 N–H and O–H groups in total. The predicted octanol–water partition coefficient (Wildman–Crippen LogP) is 1.03. The Morgan fingerprint density at radius 2 is 1.71 bits per heavy atom. The van der Waals surface area contributed by atoms with Gasteiger partial charge in [0.1, 0.15) is 12.1 Å². The number of hydrogen-bond acceptors (Lipinski definition) is 6. The summed E-state index contributed by atoms with van der Waals surface area (Å²) in [5.74, 6) is -1.54. The molecular formula is C17H25N3O7S. The first-order valence-corrected chi connectivity index (χ1v) is 9.83. The Kier molecular flexibility index (Phi) is 7.79. The van der Waals surface area contributed by atoms with E-state index >= 15 is 0 Å². The molecule has 0 heterocycles. The molecule has 0 aliphatic rings. The van der Waals surface area contributed by atoms with Gasteiger partial charge in [-0.15, -0.1) is 0 Å². The number of amides is 2. The van der Waals surface area contributed by atoms with Crippen molar-refractivity contribution in [1.29, 1.82) is 0 Å². The van der Waals surface area contributed by atoms with Crippen molar-refractivity contribution in [1.82, 2.24) is 10.0 Å². The molecule has 0 atom stereocenters. The van der Waals surface area contributed by atoms with E-state index in [1.807, 2.05) is 0 Å². The zero-order valence-corrected chi connectivity index (χ0v) is 17.0. The van der Waals surface area contributed by atoms with Crippen LogP contribution in [0.2, 0.25) is 0 Å². The topological polar surface area (TPSA) is 142 Å². The van der Waals surface area contributed by atoms with Crippen molar-refractivity contribution in [2.45, 2.75) is 39.2 Å². The second-order valence-electron chi connectivity index (χ2n) is 6.85. The first kappa shape index (κ1) is 23.2. The van der Waals surface area contributed by atoms with E-state index in [2.05, 4.69) is 5.32 Å². The van der Waals surface area contributed by atoms with Gasteiger partial charge in [-0.2, -0.15) is 8.42 Å². The van der Waals surface area contributed by atoms with Gasteiger partial charge in [-0.25, -0.2) is 13.8 Å². The number of carbonyl (C=O) groups excluding carboxylic acids is 2. The van der Waals surface area contributed by atoms with Crippen LogP contribution >= 0.6 is 0 Å². The standard InChI is InChI=1S/C17H25N3O7S/c1-17(2,3)27-16(24)19-28(25,26)20(11-15(22)23)13-8-5-12(6-9-13)7-10-14(21)18-4/h5-6,8-9H,7,10-11H2,1-4H3,(H,18,21)(H,19,24)(H,22,23). The number of benzene rings is 1. The van der Waals surface area contributed by atoms with Gasteiger partial charge in [0.2, 0.25) is 5.91 Å². The van der Waals surface area contributed by atoms with Crippen LogP contribution in [0.4, 0.5) is 10.5 Å². The summed E-state index contributed by atoms with van der Waals surface area (Å²) in [4.78, 5) is 34.2. The number of ether oxygens (including phenoxy) is 1. The molecule has 1 aromatic rings. The number of aryl methyl sites for hydroxylation is 1. The highest BCUT2D eigenvalue weighted by Crippen LogP contribution is 2.19. The third-order valence-electron chi connectivity index (χ3n) is 3.32. The molecule has 0 saturated heterocycles. The van der Waals surface area contributed by atoms with Gasteiger partial charge in [0.25, 0.3) is 0 Å². The fourth-order valence-corrected chi connectivity index (χ4v) is 3.15. The number of carboxylic acid groups (broad SMARTS) is 1. The normalized spacial score (nSPS) is 11.4. The molecule has 28 heavy (non-hydrogen) atoms. The van der Waals surface area contributed by atoms with Gasteiger partial charge in [-0.1, -0.05) is 12.1 Å². The maximum Gasteiger partial charge on any atom is 0.422 e. The molecule has 0 fully saturated rings. The summed E-state index contributed by atoms with van der Waals surface area (Å²) in [5, 5.41) is 11.6. The Morgan fingerprint density at radius 3 is 2.18 bits per heavy atom. The van der Waals surface area contributed by atoms with E-state index in [0.717, 1.165) is 5.56 Å². The lowest BCUT2D eigenvalue weighted by atomic mass is 10.1. The van der Waals surface area contributed by atoms with Crippen LogP contribution in [0.1, 0.15) is 32.8 Å². The smallest absolute Gasteiger partial charge is 0.422 e. The van der Waals surface area contributed by atoms with Crippen molar-refractivity contribution in [2.75, 3.05) is 17.9 Å². The summed E-state index contributed by atoms with van der Waals surface area (Å²) in [7, 11) is -3.00. The van der Waals surface area contributed by atoms with Crippen LogP contribution in [-0.4, -0.2) is 50.7 Å². The average molecular weight is 415 g/mol. The number of nitrogens with zero attached hydrogens (tertiary/aromatic N) is 1. The molecule has 156 valence electrons. The first-order chi connectivity index (χ1) is 12.8. The van der Waals surface area contributed by atoms with Crippen LogP contribution in [0.3, 0.4) is 0 Å². The van der Waals surface area contributed by atoms with Crippen molar-refractivity contribution >= 4 is 33.9 Å². The second kappa shape index (κ2) is 9.40. The minimum absolute atomic E-state index is 0.0437. The van der Waals surface area contributed by atoms with Gasteiger partial charge in [-0.3, -0.25) is 9.59 Å². The van der Waals surface area contributed by atoms with Gasteiger partial charge in [0.15, 0.2) is 0 Å². The van der Waals surface area contributed by atoms with Crippen LogP contribution in [-0.2, 0) is 31.0 Å². The molecule has 0 spiro atoms. The monoisotopic (exact) mass is 415 g/mol. The van der Waals surface area contributed by atoms with E-state index in [9.17, 15) is 22.8 Å². The van der Waals surface area contributed by atoms with Crippen molar-refractivity contribution in [3.8, 4) is 0 Å². The van der Waals surface area contributed by atoms with Gasteiger partial charge in [0, 0.05) is 13.5 Å². The highest BCUT2D eigenvalue weighted by molar-refractivity contribution is 7.91. The Balaban J connectivity index is 3.02. The molecule has 1 aromatic carbocycles. The maximum absolute atomic E-state index is 12.5. The second-order valence-corrected chi connectivity index (χ2v) is 8.44. The Hall–Kier alpha value is -2.82. The molecule has 1 rings (SSSR count). The third kappa shape index (κ3) is 7.82. The lowest BCUT2D eigenvalue weighted by molar-refractivity contribution is -0.135. The lowest BCUT2D eigenvalue weighted by Gasteiger charge is -2.25. The average Bonchev–Trinajstić information content (AvgIpc) is 2.55. The molecule has 0 saturated carbocycles. The van der Waals surface area contributed by atoms with Gasteiger partial charge in [0.05, 0.1) is 5.69 Å². The summed E-state index contributed by atoms with van der Waals surface area (Å²) in [5.41, 5.74) is -0.119. The van der Waals surface area contributed by atoms with Gasteiger partial charge < -0.3 is 15.2 Å². The van der Waals surface area contributed by atoms with Crippen molar-refractivity contribution < 1.29 is 32.6 Å². The van der Waals surface area contributed by atoms with Gasteiger partial charge in [-0.05, 0) is 44.9 Å². The summed E-state index contributed by atoms with van der Waals surface area (Å²) in [6.07, 6.45) is -0.528. The number of rotatable bonds is 8. The number of aliphatic carboxylic acids is 1. The molecular weight excluding hydrogens is 390 g/mol. The summed E-state index contributed by atoms with van der Waals surface area (Å²) < 4.78 is 32.1. The Morgan fingerprint density at radius 1 is 1.14 bits per heavy atom. The molecule has 0 bridgehead atoms. The summed E-state index contributed by atoms with van der Waals surface area (Å²) in [6.45, 7) is 3.79. The highest BCUT2D eigenvalue weighted by atomic mass is 32.2. The largest absolute Gasteiger partial charge is 0.480 e. The van der Waals surface area contributed by atoms with Crippen molar-refractivity contribution in [2.24, 2.45) is 0 Å². The van der Waals surface area contributed by atoms with Crippen LogP contribution < -0.4 is 14.3 Å². The first-order valence-electron chi connectivity index (χ1n) is 8.39. The molecule has 0 unspecified atom stereocenters. The zero-order valence-electron chi connectivity index (χ0n) is 16.2. The number of carboxylic acids is 1. The van der Waals surface area contributed by atoms with Crippen LogP contribution in [0.25, 0.3) is 0 Å². The molecule has 0 aliphatic heterocycles. The van der Waals surface area contributed by atoms with E-state index in [4.69, 9.17) is 9.84 Å². The van der Waals surface area contributed by atoms with Crippen molar-refractivity contribution in [3.05, 3.63) is 29.8 Å². The molecule has 11 heteroatoms. The van der Waals surface area contributed by atoms with E-state index in [1.165, 1.54) is 19.2 Å². The third-order valence-corrected chi connectivity index (χ3v) is 4.67. The number of carbonyl (C=O) groups is 3. The molecule has 0 aliphatic carbocycles. The lowest BCUT2D eigenvalue weighted by Crippen LogP contribution is -2.47. The maximum atomic E-state index is 12.5. The number of nitrogens with one attached hydrogen (secondary N) is 2. The molecule has 2 amide bonds. The Labute approximate surface area is 164 Å². The van der Waals surface area contributed by atoms with Crippen LogP contribution in [0.15, 0.2) is 24.3 Å². The van der Waals surface area contributed by atoms with E-state index in [1.54, 1.807) is 37.6 Å².